The summed E-state index contributed by atoms with van der Waals surface area (Å²) in [5, 5.41) is 16.5. The molecule has 2 N–H and O–H groups in total. The molecule has 0 aliphatic heterocycles. The quantitative estimate of drug-likeness (QED) is 0.610. The molecule has 2 aromatic carbocycles. The third-order valence-electron chi connectivity index (χ3n) is 3.47. The summed E-state index contributed by atoms with van der Waals surface area (Å²) >= 11 is 6.02. The fraction of sp³-hybridized carbons (Fsp3) is 0.176. The maximum Gasteiger partial charge on any atom is 0.270 e. The molecule has 2 aromatic rings. The number of carbonyl (C=O) groups excluding carboxylic acids is 2. The van der Waals surface area contributed by atoms with Crippen molar-refractivity contribution in [1.29, 1.82) is 0 Å². The molecule has 2 amide bonds. The maximum atomic E-state index is 12.1. The Hall–Kier alpha value is -2.93. The minimum atomic E-state index is -0.811. The number of nitrogens with zero attached hydrogens (tertiary/aromatic N) is 1. The number of non-ortho nitro benzene ring substituents is 1. The van der Waals surface area contributed by atoms with Crippen molar-refractivity contribution >= 4 is 29.1 Å². The highest BCUT2D eigenvalue weighted by molar-refractivity contribution is 6.31. The van der Waals surface area contributed by atoms with Gasteiger partial charge in [0.1, 0.15) is 6.04 Å². The second kappa shape index (κ2) is 8.25. The van der Waals surface area contributed by atoms with Gasteiger partial charge in [0.15, 0.2) is 0 Å². The molecule has 0 heterocycles. The number of carbonyl (C=O) groups is 2. The molecule has 0 saturated heterocycles. The molecule has 0 fully saturated rings. The van der Waals surface area contributed by atoms with Crippen molar-refractivity contribution in [2.45, 2.75) is 19.5 Å². The highest BCUT2D eigenvalue weighted by Gasteiger charge is 2.18. The largest absolute Gasteiger partial charge is 0.350 e. The zero-order valence-corrected chi connectivity index (χ0v) is 14.1. The van der Waals surface area contributed by atoms with E-state index in [9.17, 15) is 19.7 Å². The van der Waals surface area contributed by atoms with Gasteiger partial charge >= 0.3 is 0 Å². The molecule has 0 aliphatic carbocycles. The van der Waals surface area contributed by atoms with E-state index in [1.165, 1.54) is 25.1 Å². The summed E-state index contributed by atoms with van der Waals surface area (Å²) in [4.78, 5) is 34.4. The van der Waals surface area contributed by atoms with Crippen LogP contribution in [0.1, 0.15) is 22.8 Å². The van der Waals surface area contributed by atoms with Crippen LogP contribution in [0, 0.1) is 10.1 Å². The number of rotatable bonds is 6. The van der Waals surface area contributed by atoms with E-state index in [2.05, 4.69) is 10.6 Å². The third-order valence-corrected chi connectivity index (χ3v) is 3.84. The first kappa shape index (κ1) is 18.4. The summed E-state index contributed by atoms with van der Waals surface area (Å²) in [5.74, 6) is -0.956. The van der Waals surface area contributed by atoms with Gasteiger partial charge in [-0.25, -0.2) is 0 Å². The fourth-order valence-corrected chi connectivity index (χ4v) is 2.29. The van der Waals surface area contributed by atoms with Crippen molar-refractivity contribution in [2.75, 3.05) is 0 Å². The van der Waals surface area contributed by atoms with Gasteiger partial charge in [-0.3, -0.25) is 19.7 Å². The van der Waals surface area contributed by atoms with Crippen LogP contribution in [0.3, 0.4) is 0 Å². The number of hydrogen-bond acceptors (Lipinski definition) is 4. The first-order valence-corrected chi connectivity index (χ1v) is 7.82. The molecule has 8 heteroatoms. The van der Waals surface area contributed by atoms with Gasteiger partial charge in [-0.1, -0.05) is 35.9 Å². The van der Waals surface area contributed by atoms with E-state index in [4.69, 9.17) is 11.6 Å². The molecule has 0 spiro atoms. The zero-order valence-electron chi connectivity index (χ0n) is 13.4. The Balaban J connectivity index is 1.94. The lowest BCUT2D eigenvalue weighted by Gasteiger charge is -2.14. The van der Waals surface area contributed by atoms with E-state index in [1.807, 2.05) is 0 Å². The standard InChI is InChI=1S/C17H16ClN3O4/c1-11(16(22)19-10-13-5-2-3-8-15(13)18)20-17(23)12-6-4-7-14(9-12)21(24)25/h2-9,11H,10H2,1H3,(H,19,22)(H,20,23). The van der Waals surface area contributed by atoms with Crippen LogP contribution >= 0.6 is 11.6 Å². The normalized spacial score (nSPS) is 11.4. The molecular weight excluding hydrogens is 346 g/mol. The maximum absolute atomic E-state index is 12.1. The van der Waals surface area contributed by atoms with Crippen molar-refractivity contribution in [3.05, 3.63) is 74.8 Å². The highest BCUT2D eigenvalue weighted by atomic mass is 35.5. The van der Waals surface area contributed by atoms with Crippen LogP contribution in [0.2, 0.25) is 5.02 Å². The van der Waals surface area contributed by atoms with Crippen molar-refractivity contribution in [1.82, 2.24) is 10.6 Å². The molecule has 2 rings (SSSR count). The Labute approximate surface area is 149 Å². The molecule has 0 radical (unpaired) electrons. The molecular formula is C17H16ClN3O4. The smallest absolute Gasteiger partial charge is 0.270 e. The molecule has 1 atom stereocenters. The lowest BCUT2D eigenvalue weighted by molar-refractivity contribution is -0.384. The monoisotopic (exact) mass is 361 g/mol. The van der Waals surface area contributed by atoms with Crippen molar-refractivity contribution < 1.29 is 14.5 Å². The third kappa shape index (κ3) is 5.02. The van der Waals surface area contributed by atoms with Gasteiger partial charge in [-0.15, -0.1) is 0 Å². The van der Waals surface area contributed by atoms with Gasteiger partial charge in [0.2, 0.25) is 5.91 Å². The predicted molar refractivity (Wildman–Crippen MR) is 93.3 cm³/mol. The van der Waals surface area contributed by atoms with Gasteiger partial charge in [-0.2, -0.15) is 0 Å². The Kier molecular flexibility index (Phi) is 6.08. The Morgan fingerprint density at radius 3 is 2.60 bits per heavy atom. The molecule has 0 aliphatic rings. The average Bonchev–Trinajstić information content (AvgIpc) is 2.60. The van der Waals surface area contributed by atoms with E-state index in [-0.39, 0.29) is 17.8 Å². The second-order valence-corrected chi connectivity index (χ2v) is 5.72. The van der Waals surface area contributed by atoms with Crippen LogP contribution in [0.4, 0.5) is 5.69 Å². The van der Waals surface area contributed by atoms with Gasteiger partial charge in [-0.05, 0) is 24.6 Å². The molecule has 0 aromatic heterocycles. The van der Waals surface area contributed by atoms with Gasteiger partial charge in [0.05, 0.1) is 4.92 Å². The number of nitro benzene ring substituents is 1. The average molecular weight is 362 g/mol. The lowest BCUT2D eigenvalue weighted by Crippen LogP contribution is -2.44. The van der Waals surface area contributed by atoms with Crippen LogP contribution in [0.5, 0.6) is 0 Å². The second-order valence-electron chi connectivity index (χ2n) is 5.31. The summed E-state index contributed by atoms with van der Waals surface area (Å²) < 4.78 is 0. The lowest BCUT2D eigenvalue weighted by atomic mass is 10.1. The van der Waals surface area contributed by atoms with Crippen LogP contribution in [-0.4, -0.2) is 22.8 Å². The molecule has 7 nitrogen and oxygen atoms in total. The fourth-order valence-electron chi connectivity index (χ4n) is 2.08. The molecule has 0 bridgehead atoms. The van der Waals surface area contributed by atoms with E-state index in [0.29, 0.717) is 5.02 Å². The van der Waals surface area contributed by atoms with E-state index >= 15 is 0 Å². The van der Waals surface area contributed by atoms with E-state index in [1.54, 1.807) is 24.3 Å². The van der Waals surface area contributed by atoms with Crippen LogP contribution in [0.15, 0.2) is 48.5 Å². The molecule has 1 unspecified atom stereocenters. The summed E-state index contributed by atoms with van der Waals surface area (Å²) in [6, 6.07) is 11.6. The molecule has 25 heavy (non-hydrogen) atoms. The SMILES string of the molecule is CC(NC(=O)c1cccc([N+](=O)[O-])c1)C(=O)NCc1ccccc1Cl. The van der Waals surface area contributed by atoms with Crippen LogP contribution < -0.4 is 10.6 Å². The molecule has 0 saturated carbocycles. The highest BCUT2D eigenvalue weighted by Crippen LogP contribution is 2.15. The molecule has 130 valence electrons. The Morgan fingerprint density at radius 2 is 1.92 bits per heavy atom. The van der Waals surface area contributed by atoms with Crippen LogP contribution in [0.25, 0.3) is 0 Å². The number of nitrogens with one attached hydrogen (secondary N) is 2. The summed E-state index contributed by atoms with van der Waals surface area (Å²) in [6.45, 7) is 1.76. The Bertz CT molecular complexity index is 810. The number of halogens is 1. The summed E-state index contributed by atoms with van der Waals surface area (Å²) in [6.07, 6.45) is 0. The van der Waals surface area contributed by atoms with Crippen molar-refractivity contribution in [3.8, 4) is 0 Å². The Morgan fingerprint density at radius 1 is 1.20 bits per heavy atom. The van der Waals surface area contributed by atoms with Gasteiger partial charge in [0, 0.05) is 29.3 Å². The predicted octanol–water partition coefficient (Wildman–Crippen LogP) is 2.68. The number of hydrogen-bond donors (Lipinski definition) is 2. The zero-order chi connectivity index (χ0) is 18.4. The topological polar surface area (TPSA) is 101 Å². The van der Waals surface area contributed by atoms with Crippen LogP contribution in [-0.2, 0) is 11.3 Å². The first-order valence-electron chi connectivity index (χ1n) is 7.45. The summed E-state index contributed by atoms with van der Waals surface area (Å²) in [5.41, 5.74) is 0.679. The first-order chi connectivity index (χ1) is 11.9. The number of nitro groups is 1. The summed E-state index contributed by atoms with van der Waals surface area (Å²) in [7, 11) is 0. The van der Waals surface area contributed by atoms with Gasteiger partial charge < -0.3 is 10.6 Å². The van der Waals surface area contributed by atoms with Crippen molar-refractivity contribution in [3.63, 3.8) is 0 Å². The minimum absolute atomic E-state index is 0.111. The minimum Gasteiger partial charge on any atom is -0.350 e. The van der Waals surface area contributed by atoms with E-state index < -0.39 is 22.8 Å². The van der Waals surface area contributed by atoms with E-state index in [0.717, 1.165) is 11.6 Å². The van der Waals surface area contributed by atoms with Crippen molar-refractivity contribution in [2.24, 2.45) is 0 Å². The number of amides is 2. The van der Waals surface area contributed by atoms with Gasteiger partial charge in [0.25, 0.3) is 11.6 Å². The number of benzene rings is 2.